The molecule has 0 bridgehead atoms. The van der Waals surface area contributed by atoms with Gasteiger partial charge in [0.05, 0.1) is 12.6 Å². The molecule has 0 aliphatic rings. The molecule has 0 saturated carbocycles. The van der Waals surface area contributed by atoms with E-state index in [9.17, 15) is 14.4 Å². The number of benzene rings is 2. The smallest absolute Gasteiger partial charge is 0.253 e. The largest absolute Gasteiger partial charge is 0.339 e. The molecule has 2 aromatic rings. The van der Waals surface area contributed by atoms with Gasteiger partial charge in [-0.05, 0) is 64.1 Å². The van der Waals surface area contributed by atoms with Gasteiger partial charge in [-0.2, -0.15) is 0 Å². The summed E-state index contributed by atoms with van der Waals surface area (Å²) in [7, 11) is 0. The van der Waals surface area contributed by atoms with E-state index in [1.54, 1.807) is 36.1 Å². The molecule has 32 heavy (non-hydrogen) atoms. The van der Waals surface area contributed by atoms with E-state index in [1.807, 2.05) is 56.0 Å². The zero-order chi connectivity index (χ0) is 23.5. The Labute approximate surface area is 190 Å². The maximum absolute atomic E-state index is 12.7. The van der Waals surface area contributed by atoms with Gasteiger partial charge in [0.25, 0.3) is 5.91 Å². The predicted molar refractivity (Wildman–Crippen MR) is 129 cm³/mol. The maximum atomic E-state index is 12.7. The fraction of sp³-hybridized carbons (Fsp3) is 0.400. The number of hydrogen-bond donors (Lipinski definition) is 2. The van der Waals surface area contributed by atoms with Crippen molar-refractivity contribution in [3.8, 4) is 0 Å². The number of carbonyl (C=O) groups excluding carboxylic acids is 3. The van der Waals surface area contributed by atoms with Gasteiger partial charge < -0.3 is 15.5 Å². The molecule has 172 valence electrons. The van der Waals surface area contributed by atoms with E-state index in [2.05, 4.69) is 10.6 Å². The van der Waals surface area contributed by atoms with Crippen LogP contribution in [0.3, 0.4) is 0 Å². The Balaban J connectivity index is 2.03. The third-order valence-electron chi connectivity index (χ3n) is 5.27. The number of carbonyl (C=O) groups is 3. The topological polar surface area (TPSA) is 81.8 Å². The number of amides is 3. The Kier molecular flexibility index (Phi) is 9.88. The standard InChI is InChI=1S/C25H34N4O3/c1-5-16-29(19(4)24(31)27-21-13-9-8-10-14-21)18-23(30)26-22-15-11-12-20(17-22)25(32)28(6-2)7-3/h8-15,17,19H,5-7,16,18H2,1-4H3,(H,26,30)(H,27,31). The molecule has 0 saturated heterocycles. The van der Waals surface area contributed by atoms with Gasteiger partial charge in [0.15, 0.2) is 0 Å². The van der Waals surface area contributed by atoms with Crippen molar-refractivity contribution in [2.24, 2.45) is 0 Å². The van der Waals surface area contributed by atoms with Crippen LogP contribution in [-0.2, 0) is 9.59 Å². The molecule has 2 rings (SSSR count). The highest BCUT2D eigenvalue weighted by atomic mass is 16.2. The van der Waals surface area contributed by atoms with Crippen molar-refractivity contribution in [3.05, 3.63) is 60.2 Å². The van der Waals surface area contributed by atoms with Gasteiger partial charge in [0.2, 0.25) is 11.8 Å². The summed E-state index contributed by atoms with van der Waals surface area (Å²) in [5.74, 6) is -0.459. The summed E-state index contributed by atoms with van der Waals surface area (Å²) in [4.78, 5) is 41.6. The molecular formula is C25H34N4O3. The van der Waals surface area contributed by atoms with Crippen molar-refractivity contribution < 1.29 is 14.4 Å². The average Bonchev–Trinajstić information content (AvgIpc) is 2.79. The molecule has 0 aliphatic carbocycles. The van der Waals surface area contributed by atoms with E-state index in [-0.39, 0.29) is 24.3 Å². The molecule has 2 aromatic carbocycles. The molecule has 0 radical (unpaired) electrons. The highest BCUT2D eigenvalue weighted by Crippen LogP contribution is 2.14. The quantitative estimate of drug-likeness (QED) is 0.558. The van der Waals surface area contributed by atoms with Crippen molar-refractivity contribution in [2.75, 3.05) is 36.8 Å². The summed E-state index contributed by atoms with van der Waals surface area (Å²) in [6.45, 7) is 9.61. The Morgan fingerprint density at radius 1 is 0.875 bits per heavy atom. The molecule has 7 heteroatoms. The second-order valence-electron chi connectivity index (χ2n) is 7.61. The lowest BCUT2D eigenvalue weighted by atomic mass is 10.1. The fourth-order valence-corrected chi connectivity index (χ4v) is 3.44. The van der Waals surface area contributed by atoms with E-state index < -0.39 is 6.04 Å². The number of rotatable bonds is 11. The van der Waals surface area contributed by atoms with Gasteiger partial charge in [-0.3, -0.25) is 19.3 Å². The van der Waals surface area contributed by atoms with Gasteiger partial charge in [-0.15, -0.1) is 0 Å². The summed E-state index contributed by atoms with van der Waals surface area (Å²) in [5, 5.41) is 5.75. The van der Waals surface area contributed by atoms with Gasteiger partial charge in [-0.1, -0.05) is 31.2 Å². The lowest BCUT2D eigenvalue weighted by Crippen LogP contribution is -2.46. The Hall–Kier alpha value is -3.19. The summed E-state index contributed by atoms with van der Waals surface area (Å²) in [6.07, 6.45) is 0.810. The summed E-state index contributed by atoms with van der Waals surface area (Å²) in [6, 6.07) is 15.7. The van der Waals surface area contributed by atoms with Crippen LogP contribution in [-0.4, -0.2) is 59.7 Å². The Morgan fingerprint density at radius 3 is 2.16 bits per heavy atom. The van der Waals surface area contributed by atoms with Crippen LogP contribution in [0, 0.1) is 0 Å². The first-order valence-corrected chi connectivity index (χ1v) is 11.2. The van der Waals surface area contributed by atoms with Crippen LogP contribution in [0.15, 0.2) is 54.6 Å². The molecule has 0 aliphatic heterocycles. The van der Waals surface area contributed by atoms with Crippen molar-refractivity contribution in [3.63, 3.8) is 0 Å². The predicted octanol–water partition coefficient (Wildman–Crippen LogP) is 3.85. The number of nitrogens with one attached hydrogen (secondary N) is 2. The summed E-state index contributed by atoms with van der Waals surface area (Å²) >= 11 is 0. The first kappa shape index (κ1) is 25.1. The van der Waals surface area contributed by atoms with Crippen molar-refractivity contribution in [1.29, 1.82) is 0 Å². The zero-order valence-electron chi connectivity index (χ0n) is 19.4. The van der Waals surface area contributed by atoms with Crippen molar-refractivity contribution >= 4 is 29.1 Å². The number of hydrogen-bond acceptors (Lipinski definition) is 4. The molecule has 1 unspecified atom stereocenters. The zero-order valence-corrected chi connectivity index (χ0v) is 19.4. The van der Waals surface area contributed by atoms with Crippen LogP contribution in [0.25, 0.3) is 0 Å². The lowest BCUT2D eigenvalue weighted by Gasteiger charge is -2.27. The van der Waals surface area contributed by atoms with Gasteiger partial charge >= 0.3 is 0 Å². The van der Waals surface area contributed by atoms with Crippen LogP contribution in [0.2, 0.25) is 0 Å². The third-order valence-corrected chi connectivity index (χ3v) is 5.27. The molecule has 0 aromatic heterocycles. The van der Waals surface area contributed by atoms with Crippen LogP contribution in [0.4, 0.5) is 11.4 Å². The molecule has 1 atom stereocenters. The van der Waals surface area contributed by atoms with Crippen LogP contribution < -0.4 is 10.6 Å². The van der Waals surface area contributed by atoms with Gasteiger partial charge in [0, 0.05) is 30.0 Å². The number of para-hydroxylation sites is 1. The van der Waals surface area contributed by atoms with Crippen LogP contribution in [0.5, 0.6) is 0 Å². The molecular weight excluding hydrogens is 404 g/mol. The van der Waals surface area contributed by atoms with E-state index in [1.165, 1.54) is 0 Å². The fourth-order valence-electron chi connectivity index (χ4n) is 3.44. The Morgan fingerprint density at radius 2 is 1.53 bits per heavy atom. The van der Waals surface area contributed by atoms with E-state index in [0.717, 1.165) is 12.1 Å². The maximum Gasteiger partial charge on any atom is 0.253 e. The summed E-state index contributed by atoms with van der Waals surface area (Å²) in [5.41, 5.74) is 1.82. The molecule has 0 spiro atoms. The first-order valence-electron chi connectivity index (χ1n) is 11.2. The Bertz CT molecular complexity index is 897. The normalized spacial score (nSPS) is 11.7. The van der Waals surface area contributed by atoms with Crippen LogP contribution in [0.1, 0.15) is 44.5 Å². The van der Waals surface area contributed by atoms with E-state index in [4.69, 9.17) is 0 Å². The number of nitrogens with zero attached hydrogens (tertiary/aromatic N) is 2. The molecule has 3 amide bonds. The van der Waals surface area contributed by atoms with Crippen molar-refractivity contribution in [1.82, 2.24) is 9.80 Å². The molecule has 0 heterocycles. The third kappa shape index (κ3) is 7.20. The SMILES string of the molecule is CCCN(CC(=O)Nc1cccc(C(=O)N(CC)CC)c1)C(C)C(=O)Nc1ccccc1. The molecule has 7 nitrogen and oxygen atoms in total. The number of anilines is 2. The van der Waals surface area contributed by atoms with Gasteiger partial charge in [-0.25, -0.2) is 0 Å². The second kappa shape index (κ2) is 12.6. The van der Waals surface area contributed by atoms with E-state index in [0.29, 0.717) is 30.9 Å². The van der Waals surface area contributed by atoms with E-state index >= 15 is 0 Å². The lowest BCUT2D eigenvalue weighted by molar-refractivity contribution is -0.123. The first-order chi connectivity index (χ1) is 15.4. The second-order valence-corrected chi connectivity index (χ2v) is 7.61. The molecule has 2 N–H and O–H groups in total. The highest BCUT2D eigenvalue weighted by Gasteiger charge is 2.23. The summed E-state index contributed by atoms with van der Waals surface area (Å²) < 4.78 is 0. The molecule has 0 fully saturated rings. The minimum atomic E-state index is -0.475. The van der Waals surface area contributed by atoms with Crippen molar-refractivity contribution in [2.45, 2.75) is 40.2 Å². The van der Waals surface area contributed by atoms with Gasteiger partial charge in [0.1, 0.15) is 0 Å². The minimum Gasteiger partial charge on any atom is -0.339 e. The monoisotopic (exact) mass is 438 g/mol. The minimum absolute atomic E-state index is 0.0649. The average molecular weight is 439 g/mol. The highest BCUT2D eigenvalue weighted by molar-refractivity contribution is 5.98. The van der Waals surface area contributed by atoms with Crippen LogP contribution >= 0.6 is 0 Å².